The van der Waals surface area contributed by atoms with E-state index in [1.165, 1.54) is 59.7 Å². The fourth-order valence-corrected chi connectivity index (χ4v) is 14.4. The third-order valence-corrected chi connectivity index (χ3v) is 18.0. The maximum atomic E-state index is 15.1. The van der Waals surface area contributed by atoms with E-state index in [9.17, 15) is 22.8 Å². The van der Waals surface area contributed by atoms with E-state index in [1.807, 2.05) is 20.8 Å². The zero-order valence-electron chi connectivity index (χ0n) is 34.0. The summed E-state index contributed by atoms with van der Waals surface area (Å²) in [6.45, 7) is 5.30. The molecule has 0 heterocycles. The lowest BCUT2D eigenvalue weighted by Crippen LogP contribution is -2.47. The van der Waals surface area contributed by atoms with Crippen molar-refractivity contribution in [2.75, 3.05) is 13.7 Å². The Morgan fingerprint density at radius 2 is 1.03 bits per heavy atom. The van der Waals surface area contributed by atoms with Gasteiger partial charge in [-0.25, -0.2) is 16.8 Å². The van der Waals surface area contributed by atoms with Crippen LogP contribution in [0.4, 0.5) is 0 Å². The normalized spacial score (nSPS) is 17.5. The van der Waals surface area contributed by atoms with Gasteiger partial charge in [-0.05, 0) is 99.2 Å². The minimum absolute atomic E-state index is 0.00113. The van der Waals surface area contributed by atoms with Crippen molar-refractivity contribution in [3.8, 4) is 17.2 Å². The summed E-state index contributed by atoms with van der Waals surface area (Å²) in [4.78, 5) is 36.4. The highest BCUT2D eigenvalue weighted by atomic mass is 32.2. The molecule has 17 heteroatoms. The molecule has 0 radical (unpaired) electrons. The molecular formula is C44H46N2O11P2S2. The van der Waals surface area contributed by atoms with E-state index in [2.05, 4.69) is 0 Å². The highest BCUT2D eigenvalue weighted by molar-refractivity contribution is 7.94. The van der Waals surface area contributed by atoms with E-state index in [0.29, 0.717) is 38.1 Å². The van der Waals surface area contributed by atoms with E-state index in [1.54, 1.807) is 72.8 Å². The zero-order chi connectivity index (χ0) is 43.8. The van der Waals surface area contributed by atoms with E-state index in [-0.39, 0.29) is 56.7 Å². The van der Waals surface area contributed by atoms with Crippen molar-refractivity contribution in [2.45, 2.75) is 62.3 Å². The number of carbonyl (C=O) groups is 3. The van der Waals surface area contributed by atoms with Crippen LogP contribution < -0.4 is 13.6 Å². The smallest absolute Gasteiger partial charge is 0.399 e. The first-order chi connectivity index (χ1) is 29.2. The summed E-state index contributed by atoms with van der Waals surface area (Å²) in [5, 5.41) is 0. The molecule has 0 aromatic heterocycles. The summed E-state index contributed by atoms with van der Waals surface area (Å²) in [5.41, 5.74) is 1.19. The van der Waals surface area contributed by atoms with Crippen LogP contribution in [0.3, 0.4) is 0 Å². The predicted octanol–water partition coefficient (Wildman–Crippen LogP) is 9.71. The average molecular weight is 905 g/mol. The number of benzene rings is 5. The van der Waals surface area contributed by atoms with Gasteiger partial charge in [-0.15, -0.1) is 8.15 Å². The molecule has 0 amide bonds. The number of hydrogen-bond acceptors (Lipinski definition) is 11. The Balaban J connectivity index is 1.47. The molecule has 61 heavy (non-hydrogen) atoms. The van der Waals surface area contributed by atoms with Crippen molar-refractivity contribution in [3.63, 3.8) is 0 Å². The highest BCUT2D eigenvalue weighted by Gasteiger charge is 2.49. The van der Waals surface area contributed by atoms with Crippen LogP contribution in [0.5, 0.6) is 17.2 Å². The minimum Gasteiger partial charge on any atom is -0.434 e. The molecule has 1 aliphatic rings. The number of hydrogen-bond donors (Lipinski definition) is 0. The molecule has 0 spiro atoms. The third-order valence-electron chi connectivity index (χ3n) is 10.2. The van der Waals surface area contributed by atoms with Crippen molar-refractivity contribution < 1.29 is 49.3 Å². The molecule has 13 nitrogen and oxygen atoms in total. The topological polar surface area (TPSA) is 163 Å². The highest BCUT2D eigenvalue weighted by Crippen LogP contribution is 2.55. The molecule has 1 aliphatic carbocycles. The average Bonchev–Trinajstić information content (AvgIpc) is 3.26. The maximum absolute atomic E-state index is 15.1. The summed E-state index contributed by atoms with van der Waals surface area (Å²) in [5.74, 6) is 0.239. The van der Waals surface area contributed by atoms with E-state index in [0.717, 1.165) is 15.2 Å². The first kappa shape index (κ1) is 45.7. The Morgan fingerprint density at radius 1 is 0.623 bits per heavy atom. The van der Waals surface area contributed by atoms with E-state index < -0.39 is 48.6 Å². The molecule has 3 atom stereocenters. The van der Waals surface area contributed by atoms with Crippen molar-refractivity contribution in [3.05, 3.63) is 149 Å². The fourth-order valence-electron chi connectivity index (χ4n) is 7.00. The molecule has 0 N–H and O–H groups in total. The summed E-state index contributed by atoms with van der Waals surface area (Å²) in [7, 11) is -12.7. The second-order valence-electron chi connectivity index (χ2n) is 14.8. The van der Waals surface area contributed by atoms with Crippen molar-refractivity contribution in [2.24, 2.45) is 5.41 Å². The number of nitrogens with zero attached hydrogens (tertiary/aromatic N) is 2. The first-order valence-corrected chi connectivity index (χ1v) is 24.4. The van der Waals surface area contributed by atoms with Crippen LogP contribution in [0.25, 0.3) is 0 Å². The number of rotatable bonds is 19. The lowest BCUT2D eigenvalue weighted by Gasteiger charge is -2.45. The Labute approximate surface area is 359 Å². The van der Waals surface area contributed by atoms with Crippen LogP contribution in [-0.4, -0.2) is 63.5 Å². The van der Waals surface area contributed by atoms with Crippen LogP contribution in [0, 0.1) is 19.3 Å². The van der Waals surface area contributed by atoms with Crippen molar-refractivity contribution in [1.29, 1.82) is 0 Å². The van der Waals surface area contributed by atoms with Crippen molar-refractivity contribution in [1.82, 2.24) is 8.15 Å². The van der Waals surface area contributed by atoms with Gasteiger partial charge < -0.3 is 18.1 Å². The van der Waals surface area contributed by atoms with Gasteiger partial charge in [0.2, 0.25) is 0 Å². The van der Waals surface area contributed by atoms with Crippen LogP contribution in [-0.2, 0) is 24.6 Å². The van der Waals surface area contributed by atoms with E-state index >= 15 is 8.42 Å². The molecular weight excluding hydrogens is 859 g/mol. The third kappa shape index (κ3) is 10.6. The first-order valence-electron chi connectivity index (χ1n) is 19.2. The van der Waals surface area contributed by atoms with Gasteiger partial charge in [-0.3, -0.25) is 14.4 Å². The monoisotopic (exact) mass is 904 g/mol. The number of para-hydroxylation sites is 3. The molecule has 320 valence electrons. The summed E-state index contributed by atoms with van der Waals surface area (Å²) in [6, 6.07) is 30.9. The zero-order valence-corrected chi connectivity index (χ0v) is 37.4. The van der Waals surface area contributed by atoms with E-state index in [4.69, 9.17) is 18.1 Å². The summed E-state index contributed by atoms with van der Waals surface area (Å²) < 4.78 is 87.2. The Morgan fingerprint density at radius 3 is 1.46 bits per heavy atom. The van der Waals surface area contributed by atoms with Gasteiger partial charge in [0.15, 0.2) is 18.9 Å². The Bertz CT molecular complexity index is 2510. The molecule has 0 aliphatic heterocycles. The number of carbonyl (C=O) groups excluding carboxylic acids is 3. The molecule has 3 unspecified atom stereocenters. The van der Waals surface area contributed by atoms with Crippen LogP contribution in [0.1, 0.15) is 74.8 Å². The van der Waals surface area contributed by atoms with Crippen molar-refractivity contribution >= 4 is 56.0 Å². The van der Waals surface area contributed by atoms with Gasteiger partial charge in [0, 0.05) is 19.7 Å². The van der Waals surface area contributed by atoms with Crippen LogP contribution in [0.15, 0.2) is 131 Å². The SMILES string of the molecule is COP(Oc1ccccc1C=O)N(C1CCCC(C)(CN(P(Oc2ccccc2C=O)Oc2ccccc2C=O)S(=O)(=O)c2ccc(C)cc2)C1)S(=O)(=O)c1ccc(C)cc1. The van der Waals surface area contributed by atoms with Gasteiger partial charge in [-0.1, -0.05) is 85.1 Å². The largest absolute Gasteiger partial charge is 0.434 e. The Kier molecular flexibility index (Phi) is 14.9. The van der Waals surface area contributed by atoms with Gasteiger partial charge >= 0.3 is 17.1 Å². The molecule has 0 saturated heterocycles. The lowest BCUT2D eigenvalue weighted by molar-refractivity contribution is 0.111. The predicted molar refractivity (Wildman–Crippen MR) is 234 cm³/mol. The van der Waals surface area contributed by atoms with Gasteiger partial charge in [-0.2, -0.15) is 0 Å². The molecule has 5 aromatic rings. The quantitative estimate of drug-likeness (QED) is 0.0573. The van der Waals surface area contributed by atoms with Gasteiger partial charge in [0.1, 0.15) is 17.2 Å². The van der Waals surface area contributed by atoms with Gasteiger partial charge in [0.05, 0.1) is 26.5 Å². The minimum atomic E-state index is -4.49. The number of aldehydes is 3. The molecule has 1 saturated carbocycles. The maximum Gasteiger partial charge on any atom is 0.399 e. The second-order valence-corrected chi connectivity index (χ2v) is 21.8. The van der Waals surface area contributed by atoms with Crippen LogP contribution >= 0.6 is 17.1 Å². The standard InChI is InChI=1S/C44H46N2O11P2S2/c1-33-19-23-39(24-20-33)60(50,51)45(58(55-41-16-8-5-12-35(41)29-47)56-42-17-9-6-13-36(42)30-48)32-44(3)27-11-15-38(28-44)46(61(52,53)40-25-21-34(2)22-26-40)59(54-4)57-43-18-10-7-14-37(43)31-49/h5-10,12-14,16-26,29-31,38H,11,15,27-28,32H2,1-4H3. The molecule has 6 rings (SSSR count). The van der Waals surface area contributed by atoms with Gasteiger partial charge in [0.25, 0.3) is 20.0 Å². The molecule has 5 aromatic carbocycles. The number of aryl methyl sites for hydroxylation is 2. The van der Waals surface area contributed by atoms with Crippen LogP contribution in [0.2, 0.25) is 0 Å². The molecule has 1 fully saturated rings. The lowest BCUT2D eigenvalue weighted by atomic mass is 9.74. The Hall–Kier alpha value is -4.85. The summed E-state index contributed by atoms with van der Waals surface area (Å²) >= 11 is 0. The summed E-state index contributed by atoms with van der Waals surface area (Å²) in [6.07, 6.45) is 3.20. The fraction of sp³-hybridized carbons (Fsp3) is 0.250. The number of sulfonamides is 2. The second kappa shape index (κ2) is 19.9. The molecule has 0 bridgehead atoms.